The molecule has 1 heterocycles. The summed E-state index contributed by atoms with van der Waals surface area (Å²) in [5, 5.41) is 0. The molecule has 0 aliphatic carbocycles. The molecule has 15 heavy (non-hydrogen) atoms. The van der Waals surface area contributed by atoms with Crippen LogP contribution in [0, 0.1) is 0 Å². The summed E-state index contributed by atoms with van der Waals surface area (Å²) in [4.78, 5) is 0. The smallest absolute Gasteiger partial charge is 0.191 e. The molecule has 2 heteroatoms. The zero-order valence-electron chi connectivity index (χ0n) is 11.1. The topological polar surface area (TPSA) is 9.23 Å². The van der Waals surface area contributed by atoms with E-state index in [0.29, 0.717) is 18.4 Å². The number of ether oxygens (including phenoxy) is 1. The third kappa shape index (κ3) is 2.54. The largest absolute Gasteiger partial charge is 0.320 e. The fourth-order valence-corrected chi connectivity index (χ4v) is 3.09. The molecule has 2 nitrogen and oxygen atoms in total. The Bertz CT molecular complexity index is 195. The molecule has 0 aromatic rings. The van der Waals surface area contributed by atoms with Crippen molar-refractivity contribution in [3.8, 4) is 0 Å². The maximum atomic E-state index is 5.98. The molecule has 90 valence electrons. The maximum Gasteiger partial charge on any atom is 0.191 e. The first-order chi connectivity index (χ1) is 7.06. The molecule has 0 aromatic heterocycles. The number of quaternary nitrogens is 1. The van der Waals surface area contributed by atoms with E-state index in [-0.39, 0.29) is 0 Å². The van der Waals surface area contributed by atoms with Gasteiger partial charge < -0.3 is 4.74 Å². The van der Waals surface area contributed by atoms with Crippen molar-refractivity contribution >= 4 is 0 Å². The van der Waals surface area contributed by atoms with Crippen LogP contribution in [0.2, 0.25) is 0 Å². The minimum Gasteiger partial charge on any atom is -0.320 e. The van der Waals surface area contributed by atoms with E-state index in [0.717, 1.165) is 4.48 Å². The van der Waals surface area contributed by atoms with Crippen LogP contribution in [0.15, 0.2) is 0 Å². The van der Waals surface area contributed by atoms with Crippen LogP contribution in [0.3, 0.4) is 0 Å². The summed E-state index contributed by atoms with van der Waals surface area (Å²) in [6.07, 6.45) is 6.03. The lowest BCUT2D eigenvalue weighted by Gasteiger charge is -2.38. The van der Waals surface area contributed by atoms with Crippen molar-refractivity contribution in [1.82, 2.24) is 0 Å². The molecule has 0 bridgehead atoms. The minimum absolute atomic E-state index is 0.377. The van der Waals surface area contributed by atoms with Crippen LogP contribution in [-0.4, -0.2) is 36.4 Å². The molecule has 1 saturated heterocycles. The molecule has 1 rings (SSSR count). The predicted octanol–water partition coefficient (Wildman–Crippen LogP) is 3.17. The molecule has 1 aliphatic rings. The zero-order chi connectivity index (χ0) is 11.5. The number of nitrogens with zero attached hydrogens (tertiary/aromatic N) is 1. The molecule has 0 saturated carbocycles. The van der Waals surface area contributed by atoms with Gasteiger partial charge in [0.1, 0.15) is 12.1 Å². The number of hydrogen-bond donors (Lipinski definition) is 0. The van der Waals surface area contributed by atoms with Crippen LogP contribution in [0.4, 0.5) is 0 Å². The highest BCUT2D eigenvalue weighted by Gasteiger charge is 2.47. The number of likely N-dealkylation sites (N-methyl/N-ethyl adjacent to an activating group) is 1. The van der Waals surface area contributed by atoms with E-state index in [4.69, 9.17) is 4.74 Å². The summed E-state index contributed by atoms with van der Waals surface area (Å²) in [6.45, 7) is 10.3. The van der Waals surface area contributed by atoms with Gasteiger partial charge in [-0.15, -0.1) is 0 Å². The summed E-state index contributed by atoms with van der Waals surface area (Å²) in [5.41, 5.74) is 0. The molecule has 0 radical (unpaired) electrons. The minimum atomic E-state index is 0.377. The van der Waals surface area contributed by atoms with E-state index in [2.05, 4.69) is 34.7 Å². The van der Waals surface area contributed by atoms with Crippen molar-refractivity contribution in [3.05, 3.63) is 0 Å². The Labute approximate surface area is 95.2 Å². The molecule has 1 fully saturated rings. The summed E-state index contributed by atoms with van der Waals surface area (Å²) >= 11 is 0. The van der Waals surface area contributed by atoms with Gasteiger partial charge in [0.15, 0.2) is 6.23 Å². The van der Waals surface area contributed by atoms with Crippen LogP contribution >= 0.6 is 0 Å². The first kappa shape index (κ1) is 13.0. The Morgan fingerprint density at radius 3 is 2.33 bits per heavy atom. The molecule has 0 N–H and O–H groups in total. The van der Waals surface area contributed by atoms with Crippen molar-refractivity contribution < 1.29 is 9.22 Å². The lowest BCUT2D eigenvalue weighted by atomic mass is 10.1. The molecular weight excluding hydrogens is 186 g/mol. The monoisotopic (exact) mass is 214 g/mol. The second-order valence-corrected chi connectivity index (χ2v) is 5.19. The van der Waals surface area contributed by atoms with Gasteiger partial charge in [-0.1, -0.05) is 20.3 Å². The highest BCUT2D eigenvalue weighted by atomic mass is 16.5. The Balaban J connectivity index is 2.61. The molecule has 1 aliphatic heterocycles. The van der Waals surface area contributed by atoms with E-state index < -0.39 is 0 Å². The highest BCUT2D eigenvalue weighted by molar-refractivity contribution is 4.73. The van der Waals surface area contributed by atoms with Crippen molar-refractivity contribution in [1.29, 1.82) is 0 Å². The Hall–Kier alpha value is -0.0800. The van der Waals surface area contributed by atoms with Crippen molar-refractivity contribution in [3.63, 3.8) is 0 Å². The standard InChI is InChI=1S/C13H28NO/c1-6-8-9-10-14(5)12(4)15-11(3)13(14)7-2/h11-13H,6-10H2,1-5H3/q+1. The van der Waals surface area contributed by atoms with Crippen molar-refractivity contribution in [2.75, 3.05) is 13.6 Å². The highest BCUT2D eigenvalue weighted by Crippen LogP contribution is 2.32. The molecule has 4 atom stereocenters. The van der Waals surface area contributed by atoms with E-state index >= 15 is 0 Å². The molecule has 4 unspecified atom stereocenters. The third-order valence-electron chi connectivity index (χ3n) is 4.20. The normalized spacial score (nSPS) is 41.0. The van der Waals surface area contributed by atoms with Gasteiger partial charge in [-0.25, -0.2) is 0 Å². The van der Waals surface area contributed by atoms with E-state index in [1.807, 2.05) is 0 Å². The van der Waals surface area contributed by atoms with Gasteiger partial charge in [0.2, 0.25) is 0 Å². The van der Waals surface area contributed by atoms with E-state index in [1.54, 1.807) is 0 Å². The van der Waals surface area contributed by atoms with Gasteiger partial charge in [0.05, 0.1) is 13.6 Å². The number of rotatable bonds is 5. The second-order valence-electron chi connectivity index (χ2n) is 5.19. The molecular formula is C13H28NO+. The van der Waals surface area contributed by atoms with Gasteiger partial charge in [-0.05, 0) is 26.2 Å². The Morgan fingerprint density at radius 1 is 1.13 bits per heavy atom. The second kappa shape index (κ2) is 5.31. The quantitative estimate of drug-likeness (QED) is 0.504. The molecule has 0 aromatic carbocycles. The van der Waals surface area contributed by atoms with Crippen LogP contribution in [0.5, 0.6) is 0 Å². The van der Waals surface area contributed by atoms with Crippen molar-refractivity contribution in [2.24, 2.45) is 0 Å². The van der Waals surface area contributed by atoms with Gasteiger partial charge >= 0.3 is 0 Å². The Morgan fingerprint density at radius 2 is 1.80 bits per heavy atom. The van der Waals surface area contributed by atoms with Crippen LogP contribution in [-0.2, 0) is 4.74 Å². The van der Waals surface area contributed by atoms with Crippen molar-refractivity contribution in [2.45, 2.75) is 71.8 Å². The summed E-state index contributed by atoms with van der Waals surface area (Å²) in [7, 11) is 2.37. The average molecular weight is 214 g/mol. The SMILES string of the molecule is CCCCC[N+]1(C)C(C)OC(C)C1CC. The van der Waals surface area contributed by atoms with Gasteiger partial charge in [-0.3, -0.25) is 4.48 Å². The van der Waals surface area contributed by atoms with E-state index in [1.165, 1.54) is 32.2 Å². The summed E-state index contributed by atoms with van der Waals surface area (Å²) in [5.74, 6) is 0. The average Bonchev–Trinajstić information content (AvgIpc) is 2.38. The number of hydrogen-bond acceptors (Lipinski definition) is 1. The lowest BCUT2D eigenvalue weighted by Crippen LogP contribution is -2.54. The summed E-state index contributed by atoms with van der Waals surface area (Å²) in [6, 6.07) is 0.692. The fourth-order valence-electron chi connectivity index (χ4n) is 3.09. The Kier molecular flexibility index (Phi) is 4.60. The van der Waals surface area contributed by atoms with Crippen LogP contribution in [0.25, 0.3) is 0 Å². The molecule has 0 spiro atoms. The van der Waals surface area contributed by atoms with Gasteiger partial charge in [0, 0.05) is 6.92 Å². The maximum absolute atomic E-state index is 5.98. The predicted molar refractivity (Wildman–Crippen MR) is 64.7 cm³/mol. The third-order valence-corrected chi connectivity index (χ3v) is 4.20. The van der Waals surface area contributed by atoms with Gasteiger partial charge in [0.25, 0.3) is 0 Å². The van der Waals surface area contributed by atoms with Gasteiger partial charge in [-0.2, -0.15) is 0 Å². The fraction of sp³-hybridized carbons (Fsp3) is 1.00. The first-order valence-corrected chi connectivity index (χ1v) is 6.56. The summed E-state index contributed by atoms with van der Waals surface area (Å²) < 4.78 is 7.11. The zero-order valence-corrected chi connectivity index (χ0v) is 11.1. The lowest BCUT2D eigenvalue weighted by molar-refractivity contribution is -0.952. The first-order valence-electron chi connectivity index (χ1n) is 6.56. The molecule has 0 amide bonds. The van der Waals surface area contributed by atoms with E-state index in [9.17, 15) is 0 Å². The van der Waals surface area contributed by atoms with Crippen LogP contribution < -0.4 is 0 Å². The van der Waals surface area contributed by atoms with Crippen LogP contribution in [0.1, 0.15) is 53.4 Å². The number of unbranched alkanes of at least 4 members (excludes halogenated alkanes) is 2.